The molecule has 1 aliphatic rings. The second kappa shape index (κ2) is 8.93. The summed E-state index contributed by atoms with van der Waals surface area (Å²) in [4.78, 5) is 18.8. The highest BCUT2D eigenvalue weighted by Gasteiger charge is 2.34. The van der Waals surface area contributed by atoms with Crippen LogP contribution in [-0.4, -0.2) is 47.6 Å². The average molecular weight is 453 g/mol. The Labute approximate surface area is 186 Å². The molecule has 1 amide bonds. The zero-order valence-corrected chi connectivity index (χ0v) is 18.4. The van der Waals surface area contributed by atoms with Crippen LogP contribution in [0.15, 0.2) is 70.9 Å². The Bertz CT molecular complexity index is 1250. The molecule has 0 saturated carbocycles. The number of hydrogen-bond acceptors (Lipinski definition) is 6. The van der Waals surface area contributed by atoms with E-state index >= 15 is 0 Å². The molecule has 2 aromatic carbocycles. The van der Waals surface area contributed by atoms with Gasteiger partial charge in [-0.25, -0.2) is 13.4 Å². The molecule has 10 heteroatoms. The van der Waals surface area contributed by atoms with Gasteiger partial charge in [-0.2, -0.15) is 9.82 Å². The molecule has 32 heavy (non-hydrogen) atoms. The van der Waals surface area contributed by atoms with E-state index in [2.05, 4.69) is 14.8 Å². The normalized spacial score (nSPS) is 16.8. The molecule has 1 aliphatic heterocycles. The molecule has 4 rings (SSSR count). The van der Waals surface area contributed by atoms with Crippen molar-refractivity contribution in [1.29, 1.82) is 0 Å². The number of carbonyl (C=O) groups excluding carboxylic acids is 1. The third-order valence-electron chi connectivity index (χ3n) is 5.39. The number of sulfonamides is 1. The van der Waals surface area contributed by atoms with Gasteiger partial charge in [0.1, 0.15) is 11.9 Å². The van der Waals surface area contributed by atoms with Crippen molar-refractivity contribution < 1.29 is 13.2 Å². The molecule has 0 bridgehead atoms. The second-order valence-electron chi connectivity index (χ2n) is 7.63. The first-order valence-electron chi connectivity index (χ1n) is 10.1. The lowest BCUT2D eigenvalue weighted by atomic mass is 10.1. The maximum absolute atomic E-state index is 12.9. The SMILES string of the molecule is Cn1ccnc1-c1ccc(S(=O)(=O)N[C@H]2CCN(Cc3cccc(C=NN)c3)C2=O)cc1. The van der Waals surface area contributed by atoms with Crippen LogP contribution < -0.4 is 10.6 Å². The minimum absolute atomic E-state index is 0.107. The van der Waals surface area contributed by atoms with Crippen LogP contribution in [0.5, 0.6) is 0 Å². The standard InChI is InChI=1S/C22H24N6O3S/c1-27-12-10-24-21(27)18-5-7-19(8-6-18)32(30,31)26-20-9-11-28(22(20)29)15-17-4-2-3-16(13-17)14-25-23/h2-8,10,12-14,20,26H,9,11,15,23H2,1H3/t20-/m0/s1. The molecule has 3 aromatic rings. The number of nitrogens with one attached hydrogen (secondary N) is 1. The molecule has 2 heterocycles. The highest BCUT2D eigenvalue weighted by Crippen LogP contribution is 2.21. The molecule has 0 unspecified atom stereocenters. The van der Waals surface area contributed by atoms with Crippen LogP contribution in [0.4, 0.5) is 0 Å². The number of amides is 1. The zero-order valence-electron chi connectivity index (χ0n) is 17.5. The van der Waals surface area contributed by atoms with Crippen molar-refractivity contribution in [2.24, 2.45) is 18.0 Å². The number of imidazole rings is 1. The van der Waals surface area contributed by atoms with Crippen molar-refractivity contribution in [1.82, 2.24) is 19.2 Å². The topological polar surface area (TPSA) is 123 Å². The number of hydrazone groups is 1. The van der Waals surface area contributed by atoms with E-state index in [1.165, 1.54) is 18.3 Å². The fourth-order valence-electron chi connectivity index (χ4n) is 3.77. The second-order valence-corrected chi connectivity index (χ2v) is 9.35. The predicted octanol–water partition coefficient (Wildman–Crippen LogP) is 1.46. The fourth-order valence-corrected chi connectivity index (χ4v) is 4.99. The van der Waals surface area contributed by atoms with E-state index in [-0.39, 0.29) is 10.8 Å². The van der Waals surface area contributed by atoms with Gasteiger partial charge in [0, 0.05) is 38.1 Å². The summed E-state index contributed by atoms with van der Waals surface area (Å²) in [6, 6.07) is 13.2. The monoisotopic (exact) mass is 452 g/mol. The van der Waals surface area contributed by atoms with E-state index in [9.17, 15) is 13.2 Å². The maximum Gasteiger partial charge on any atom is 0.241 e. The number of carbonyl (C=O) groups is 1. The number of aromatic nitrogens is 2. The number of nitrogens with two attached hydrogens (primary N) is 1. The first-order valence-corrected chi connectivity index (χ1v) is 11.6. The van der Waals surface area contributed by atoms with Gasteiger partial charge in [0.25, 0.3) is 0 Å². The van der Waals surface area contributed by atoms with Crippen molar-refractivity contribution in [3.05, 3.63) is 72.1 Å². The third kappa shape index (κ3) is 4.56. The lowest BCUT2D eigenvalue weighted by Crippen LogP contribution is -2.41. The smallest absolute Gasteiger partial charge is 0.241 e. The summed E-state index contributed by atoms with van der Waals surface area (Å²) >= 11 is 0. The van der Waals surface area contributed by atoms with Gasteiger partial charge in [-0.1, -0.05) is 18.2 Å². The van der Waals surface area contributed by atoms with E-state index in [1.807, 2.05) is 42.1 Å². The summed E-state index contributed by atoms with van der Waals surface area (Å²) in [5, 5.41) is 3.51. The van der Waals surface area contributed by atoms with Crippen LogP contribution in [0.1, 0.15) is 17.5 Å². The molecule has 0 spiro atoms. The van der Waals surface area contributed by atoms with Gasteiger partial charge >= 0.3 is 0 Å². The van der Waals surface area contributed by atoms with Crippen molar-refractivity contribution in [2.75, 3.05) is 6.54 Å². The number of likely N-dealkylation sites (tertiary alicyclic amines) is 1. The summed E-state index contributed by atoms with van der Waals surface area (Å²) in [6.07, 6.45) is 5.45. The summed E-state index contributed by atoms with van der Waals surface area (Å²) in [6.45, 7) is 0.862. The van der Waals surface area contributed by atoms with E-state index in [1.54, 1.807) is 23.2 Å². The van der Waals surface area contributed by atoms with Gasteiger partial charge in [0.15, 0.2) is 0 Å². The molecule has 1 saturated heterocycles. The molecule has 1 atom stereocenters. The first kappa shape index (κ1) is 21.7. The lowest BCUT2D eigenvalue weighted by Gasteiger charge is -2.17. The number of hydrogen-bond donors (Lipinski definition) is 2. The molecular weight excluding hydrogens is 428 g/mol. The molecule has 0 aliphatic carbocycles. The van der Waals surface area contributed by atoms with Gasteiger partial charge in [-0.05, 0) is 47.9 Å². The van der Waals surface area contributed by atoms with E-state index < -0.39 is 16.1 Å². The predicted molar refractivity (Wildman–Crippen MR) is 121 cm³/mol. The molecule has 3 N–H and O–H groups in total. The van der Waals surface area contributed by atoms with Crippen molar-refractivity contribution >= 4 is 22.1 Å². The van der Waals surface area contributed by atoms with Crippen molar-refractivity contribution in [3.63, 3.8) is 0 Å². The van der Waals surface area contributed by atoms with E-state index in [0.717, 1.165) is 22.5 Å². The van der Waals surface area contributed by atoms with E-state index in [0.29, 0.717) is 19.5 Å². The number of aryl methyl sites for hydroxylation is 1. The average Bonchev–Trinajstić information content (AvgIpc) is 3.35. The van der Waals surface area contributed by atoms with Crippen LogP contribution in [-0.2, 0) is 28.4 Å². The molecular formula is C22H24N6O3S. The van der Waals surface area contributed by atoms with Crippen LogP contribution in [0.25, 0.3) is 11.4 Å². The molecule has 166 valence electrons. The van der Waals surface area contributed by atoms with Crippen LogP contribution in [0.3, 0.4) is 0 Å². The number of benzene rings is 2. The minimum atomic E-state index is -3.84. The van der Waals surface area contributed by atoms with Crippen LogP contribution in [0.2, 0.25) is 0 Å². The summed E-state index contributed by atoms with van der Waals surface area (Å²) in [5.41, 5.74) is 2.56. The maximum atomic E-state index is 12.9. The number of rotatable bonds is 7. The Morgan fingerprint density at radius 2 is 2.03 bits per heavy atom. The Kier molecular flexibility index (Phi) is 6.06. The van der Waals surface area contributed by atoms with Crippen LogP contribution >= 0.6 is 0 Å². The third-order valence-corrected chi connectivity index (χ3v) is 6.87. The van der Waals surface area contributed by atoms with Crippen molar-refractivity contribution in [2.45, 2.75) is 23.9 Å². The highest BCUT2D eigenvalue weighted by molar-refractivity contribution is 7.89. The number of nitrogens with zero attached hydrogens (tertiary/aromatic N) is 4. The van der Waals surface area contributed by atoms with Gasteiger partial charge in [-0.3, -0.25) is 4.79 Å². The van der Waals surface area contributed by atoms with Gasteiger partial charge in [0.2, 0.25) is 15.9 Å². The largest absolute Gasteiger partial charge is 0.337 e. The van der Waals surface area contributed by atoms with Gasteiger partial charge in [0.05, 0.1) is 11.1 Å². The van der Waals surface area contributed by atoms with E-state index in [4.69, 9.17) is 5.84 Å². The highest BCUT2D eigenvalue weighted by atomic mass is 32.2. The minimum Gasteiger partial charge on any atom is -0.337 e. The molecule has 9 nitrogen and oxygen atoms in total. The summed E-state index contributed by atoms with van der Waals surface area (Å²) in [7, 11) is -1.97. The quantitative estimate of drug-likeness (QED) is 0.319. The Morgan fingerprint density at radius 3 is 2.72 bits per heavy atom. The Morgan fingerprint density at radius 1 is 1.25 bits per heavy atom. The summed E-state index contributed by atoms with van der Waals surface area (Å²) in [5.74, 6) is 5.70. The lowest BCUT2D eigenvalue weighted by molar-refractivity contribution is -0.129. The fraction of sp³-hybridized carbons (Fsp3) is 0.227. The molecule has 1 fully saturated rings. The zero-order chi connectivity index (χ0) is 22.7. The molecule has 1 aromatic heterocycles. The van der Waals surface area contributed by atoms with Crippen LogP contribution in [0, 0.1) is 0 Å². The van der Waals surface area contributed by atoms with Crippen molar-refractivity contribution in [3.8, 4) is 11.4 Å². The van der Waals surface area contributed by atoms with Gasteiger partial charge in [-0.15, -0.1) is 0 Å². The summed E-state index contributed by atoms with van der Waals surface area (Å²) < 4.78 is 30.1. The van der Waals surface area contributed by atoms with Gasteiger partial charge < -0.3 is 15.3 Å². The first-order chi connectivity index (χ1) is 15.4. The Hall–Kier alpha value is -3.50. The molecule has 0 radical (unpaired) electrons. The Balaban J connectivity index is 1.43.